The van der Waals surface area contributed by atoms with Crippen molar-refractivity contribution in [1.29, 1.82) is 0 Å². The maximum atomic E-state index is 12.5. The number of hydrogen-bond donors (Lipinski definition) is 1. The van der Waals surface area contributed by atoms with Crippen molar-refractivity contribution in [3.8, 4) is 22.9 Å². The van der Waals surface area contributed by atoms with Crippen LogP contribution in [0.25, 0.3) is 22.3 Å². The highest BCUT2D eigenvalue weighted by atomic mass is 19.3. The van der Waals surface area contributed by atoms with Gasteiger partial charge in [-0.05, 0) is 30.3 Å². The Labute approximate surface area is 137 Å². The van der Waals surface area contributed by atoms with Crippen molar-refractivity contribution >= 4 is 10.9 Å². The first-order valence-corrected chi connectivity index (χ1v) is 6.97. The first-order chi connectivity index (χ1) is 11.9. The van der Waals surface area contributed by atoms with Crippen molar-refractivity contribution in [2.45, 2.75) is 13.2 Å². The first kappa shape index (κ1) is 16.7. The number of ether oxygens (including phenoxy) is 2. The SMILES string of the molecule is O=c1[nH]c(-c2ccc(OC(F)F)c(OC(F)F)c2)nc2ccccc12. The van der Waals surface area contributed by atoms with Crippen molar-refractivity contribution in [1.82, 2.24) is 9.97 Å². The fourth-order valence-electron chi connectivity index (χ4n) is 2.26. The van der Waals surface area contributed by atoms with Crippen LogP contribution >= 0.6 is 0 Å². The molecular weight excluding hydrogens is 344 g/mol. The third-order valence-corrected chi connectivity index (χ3v) is 3.26. The van der Waals surface area contributed by atoms with Crippen molar-refractivity contribution in [3.05, 3.63) is 52.8 Å². The monoisotopic (exact) mass is 354 g/mol. The number of halogens is 4. The van der Waals surface area contributed by atoms with Crippen LogP contribution in [-0.4, -0.2) is 23.2 Å². The van der Waals surface area contributed by atoms with Gasteiger partial charge in [-0.15, -0.1) is 0 Å². The van der Waals surface area contributed by atoms with Crippen molar-refractivity contribution < 1.29 is 27.0 Å². The zero-order valence-electron chi connectivity index (χ0n) is 12.4. The average molecular weight is 354 g/mol. The molecule has 130 valence electrons. The van der Waals surface area contributed by atoms with E-state index in [0.717, 1.165) is 12.1 Å². The van der Waals surface area contributed by atoms with Crippen LogP contribution < -0.4 is 15.0 Å². The lowest BCUT2D eigenvalue weighted by atomic mass is 10.1. The van der Waals surface area contributed by atoms with E-state index in [1.807, 2.05) is 0 Å². The molecule has 1 aromatic heterocycles. The normalized spacial score (nSPS) is 11.3. The second-order valence-electron chi connectivity index (χ2n) is 4.85. The maximum Gasteiger partial charge on any atom is 0.387 e. The summed E-state index contributed by atoms with van der Waals surface area (Å²) in [6.07, 6.45) is 0. The van der Waals surface area contributed by atoms with E-state index < -0.39 is 30.3 Å². The molecule has 5 nitrogen and oxygen atoms in total. The number of aromatic nitrogens is 2. The van der Waals surface area contributed by atoms with Gasteiger partial charge in [0.15, 0.2) is 11.5 Å². The number of aromatic amines is 1. The quantitative estimate of drug-likeness (QED) is 0.708. The third kappa shape index (κ3) is 3.70. The van der Waals surface area contributed by atoms with Gasteiger partial charge in [0.2, 0.25) is 0 Å². The zero-order chi connectivity index (χ0) is 18.0. The van der Waals surface area contributed by atoms with Gasteiger partial charge in [0, 0.05) is 5.56 Å². The van der Waals surface area contributed by atoms with Crippen molar-refractivity contribution in [2.75, 3.05) is 0 Å². The molecule has 3 rings (SSSR count). The molecule has 9 heteroatoms. The molecule has 0 aliphatic rings. The Bertz CT molecular complexity index is 960. The largest absolute Gasteiger partial charge is 0.431 e. The van der Waals surface area contributed by atoms with Gasteiger partial charge in [0.1, 0.15) is 5.82 Å². The van der Waals surface area contributed by atoms with Crippen LogP contribution in [-0.2, 0) is 0 Å². The summed E-state index contributed by atoms with van der Waals surface area (Å²) in [6.45, 7) is -6.44. The lowest BCUT2D eigenvalue weighted by Crippen LogP contribution is -2.10. The Kier molecular flexibility index (Phi) is 4.55. The minimum Gasteiger partial charge on any atom is -0.431 e. The van der Waals surface area contributed by atoms with Crippen LogP contribution in [0.5, 0.6) is 11.5 Å². The number of nitrogens with zero attached hydrogens (tertiary/aromatic N) is 1. The molecule has 0 fully saturated rings. The summed E-state index contributed by atoms with van der Waals surface area (Å²) < 4.78 is 58.1. The van der Waals surface area contributed by atoms with Gasteiger partial charge in [-0.2, -0.15) is 17.6 Å². The summed E-state index contributed by atoms with van der Waals surface area (Å²) in [5.74, 6) is -1.07. The van der Waals surface area contributed by atoms with Crippen LogP contribution in [0.15, 0.2) is 47.3 Å². The van der Waals surface area contributed by atoms with Gasteiger partial charge >= 0.3 is 13.2 Å². The summed E-state index contributed by atoms with van der Waals surface area (Å²) in [6, 6.07) is 9.91. The summed E-state index contributed by atoms with van der Waals surface area (Å²) >= 11 is 0. The topological polar surface area (TPSA) is 64.2 Å². The molecular formula is C16H10F4N2O3. The molecule has 1 heterocycles. The number of para-hydroxylation sites is 1. The number of benzene rings is 2. The Hall–Kier alpha value is -3.10. The van der Waals surface area contributed by atoms with Crippen LogP contribution in [0.3, 0.4) is 0 Å². The molecule has 0 spiro atoms. The van der Waals surface area contributed by atoms with Gasteiger partial charge in [-0.25, -0.2) is 4.98 Å². The fraction of sp³-hybridized carbons (Fsp3) is 0.125. The smallest absolute Gasteiger partial charge is 0.387 e. The fourth-order valence-corrected chi connectivity index (χ4v) is 2.26. The maximum absolute atomic E-state index is 12.5. The molecule has 0 unspecified atom stereocenters. The Morgan fingerprint density at radius 3 is 2.32 bits per heavy atom. The highest BCUT2D eigenvalue weighted by Gasteiger charge is 2.17. The highest BCUT2D eigenvalue weighted by molar-refractivity contribution is 5.79. The molecule has 0 atom stereocenters. The minimum atomic E-state index is -3.24. The van der Waals surface area contributed by atoms with E-state index in [2.05, 4.69) is 19.4 Å². The Morgan fingerprint density at radius 1 is 0.920 bits per heavy atom. The standard InChI is InChI=1S/C16H10F4N2O3/c17-15(18)24-11-6-5-8(7-12(11)25-16(19)20)13-21-10-4-2-1-3-9(10)14(23)22-13/h1-7,15-16H,(H,21,22,23). The molecule has 0 aliphatic carbocycles. The molecule has 1 N–H and O–H groups in total. The van der Waals surface area contributed by atoms with Crippen LogP contribution in [0.4, 0.5) is 17.6 Å². The van der Waals surface area contributed by atoms with Gasteiger partial charge in [0.25, 0.3) is 5.56 Å². The van der Waals surface area contributed by atoms with E-state index in [-0.39, 0.29) is 11.4 Å². The van der Waals surface area contributed by atoms with E-state index >= 15 is 0 Å². The molecule has 0 saturated carbocycles. The minimum absolute atomic E-state index is 0.0754. The van der Waals surface area contributed by atoms with Crippen LogP contribution in [0.1, 0.15) is 0 Å². The van der Waals surface area contributed by atoms with E-state index in [4.69, 9.17) is 0 Å². The number of rotatable bonds is 5. The van der Waals surface area contributed by atoms with Crippen molar-refractivity contribution in [3.63, 3.8) is 0 Å². The highest BCUT2D eigenvalue weighted by Crippen LogP contribution is 2.33. The molecule has 0 amide bonds. The summed E-state index contributed by atoms with van der Waals surface area (Å²) in [7, 11) is 0. The third-order valence-electron chi connectivity index (χ3n) is 3.26. The van der Waals surface area contributed by atoms with Gasteiger partial charge in [-0.1, -0.05) is 12.1 Å². The number of hydrogen-bond acceptors (Lipinski definition) is 4. The van der Waals surface area contributed by atoms with Crippen LogP contribution in [0.2, 0.25) is 0 Å². The lowest BCUT2D eigenvalue weighted by Gasteiger charge is -2.13. The second kappa shape index (κ2) is 6.80. The lowest BCUT2D eigenvalue weighted by molar-refractivity contribution is -0.0692. The molecule has 0 aliphatic heterocycles. The number of H-pyrrole nitrogens is 1. The van der Waals surface area contributed by atoms with Gasteiger partial charge in [-0.3, -0.25) is 4.79 Å². The number of nitrogens with one attached hydrogen (secondary N) is 1. The van der Waals surface area contributed by atoms with Crippen LogP contribution in [0, 0.1) is 0 Å². The Morgan fingerprint density at radius 2 is 1.60 bits per heavy atom. The van der Waals surface area contributed by atoms with E-state index in [0.29, 0.717) is 10.9 Å². The molecule has 3 aromatic rings. The molecule has 2 aromatic carbocycles. The van der Waals surface area contributed by atoms with Crippen molar-refractivity contribution in [2.24, 2.45) is 0 Å². The molecule has 25 heavy (non-hydrogen) atoms. The molecule has 0 saturated heterocycles. The van der Waals surface area contributed by atoms with E-state index in [1.54, 1.807) is 24.3 Å². The predicted molar refractivity (Wildman–Crippen MR) is 81.1 cm³/mol. The van der Waals surface area contributed by atoms with E-state index in [1.165, 1.54) is 6.07 Å². The first-order valence-electron chi connectivity index (χ1n) is 6.97. The summed E-state index contributed by atoms with van der Waals surface area (Å²) in [5.41, 5.74) is 0.162. The zero-order valence-corrected chi connectivity index (χ0v) is 12.4. The molecule has 0 radical (unpaired) electrons. The number of alkyl halides is 4. The number of fused-ring (bicyclic) bond motifs is 1. The summed E-state index contributed by atoms with van der Waals surface area (Å²) in [5, 5.41) is 0.355. The van der Waals surface area contributed by atoms with Gasteiger partial charge in [0.05, 0.1) is 10.9 Å². The molecule has 0 bridgehead atoms. The Balaban J connectivity index is 2.09. The van der Waals surface area contributed by atoms with Gasteiger partial charge < -0.3 is 14.5 Å². The summed E-state index contributed by atoms with van der Waals surface area (Å²) in [4.78, 5) is 18.8. The van der Waals surface area contributed by atoms with E-state index in [9.17, 15) is 22.4 Å². The average Bonchev–Trinajstić information content (AvgIpc) is 2.55. The second-order valence-corrected chi connectivity index (χ2v) is 4.85. The predicted octanol–water partition coefficient (Wildman–Crippen LogP) is 3.79.